The van der Waals surface area contributed by atoms with Crippen molar-refractivity contribution in [3.05, 3.63) is 0 Å². The fourth-order valence-electron chi connectivity index (χ4n) is 0.757. The van der Waals surface area contributed by atoms with Crippen molar-refractivity contribution in [3.8, 4) is 0 Å². The summed E-state index contributed by atoms with van der Waals surface area (Å²) >= 11 is 0. The zero-order valence-electron chi connectivity index (χ0n) is 4.71. The third kappa shape index (κ3) is 1.16. The van der Waals surface area contributed by atoms with Gasteiger partial charge in [-0.15, -0.1) is 0 Å². The second kappa shape index (κ2) is 2.41. The number of nitrogens with two attached hydrogens (primary N) is 2. The zero-order chi connectivity index (χ0) is 5.98. The summed E-state index contributed by atoms with van der Waals surface area (Å²) in [7, 11) is 0. The van der Waals surface area contributed by atoms with E-state index in [1.807, 2.05) is 0 Å². The summed E-state index contributed by atoms with van der Waals surface area (Å²) in [5.41, 5.74) is 0. The van der Waals surface area contributed by atoms with Gasteiger partial charge in [-0.25, -0.2) is 0 Å². The molecule has 0 aromatic rings. The van der Waals surface area contributed by atoms with Crippen LogP contribution in [0.1, 0.15) is 6.42 Å². The van der Waals surface area contributed by atoms with Gasteiger partial charge in [-0.3, -0.25) is 11.7 Å². The highest BCUT2D eigenvalue weighted by atomic mass is 16.5. The Labute approximate surface area is 48.3 Å². The van der Waals surface area contributed by atoms with E-state index in [2.05, 4.69) is 0 Å². The third-order valence-electron chi connectivity index (χ3n) is 1.33. The molecule has 0 bridgehead atoms. The summed E-state index contributed by atoms with van der Waals surface area (Å²) in [6.45, 7) is 1.46. The van der Waals surface area contributed by atoms with E-state index in [-0.39, 0.29) is 6.04 Å². The molecule has 0 aromatic heterocycles. The number of ether oxygens (including phenoxy) is 1. The van der Waals surface area contributed by atoms with Gasteiger partial charge in [0.05, 0.1) is 12.6 Å². The van der Waals surface area contributed by atoms with Crippen LogP contribution in [0.4, 0.5) is 0 Å². The van der Waals surface area contributed by atoms with E-state index in [1.165, 1.54) is 5.12 Å². The lowest BCUT2D eigenvalue weighted by molar-refractivity contribution is 0.146. The molecule has 0 aromatic carbocycles. The fraction of sp³-hybridized carbons (Fsp3) is 1.00. The summed E-state index contributed by atoms with van der Waals surface area (Å²) < 4.78 is 5.02. The standard InChI is InChI=1S/C4H11N3O/c5-7(6)4-1-2-8-3-4/h4H,1-3,5-6H2. The smallest absolute Gasteiger partial charge is 0.0651 e. The molecule has 0 amide bonds. The number of nitrogens with zero attached hydrogens (tertiary/aromatic N) is 1. The van der Waals surface area contributed by atoms with Gasteiger partial charge in [0.1, 0.15) is 0 Å². The maximum atomic E-state index is 5.23. The number of hydrogen-bond donors (Lipinski definition) is 2. The Bertz CT molecular complexity index is 69.7. The molecule has 1 fully saturated rings. The molecule has 1 heterocycles. The highest BCUT2D eigenvalue weighted by Gasteiger charge is 2.17. The SMILES string of the molecule is NN(N)C1CCOC1. The number of hydrogen-bond acceptors (Lipinski definition) is 4. The summed E-state index contributed by atoms with van der Waals surface area (Å²) in [5.74, 6) is 10.5. The monoisotopic (exact) mass is 117 g/mol. The molecule has 1 atom stereocenters. The van der Waals surface area contributed by atoms with Crippen LogP contribution in [0.15, 0.2) is 0 Å². The van der Waals surface area contributed by atoms with Crippen LogP contribution in [0, 0.1) is 0 Å². The Morgan fingerprint density at radius 1 is 1.50 bits per heavy atom. The molecule has 1 unspecified atom stereocenters. The Morgan fingerprint density at radius 2 is 2.25 bits per heavy atom. The van der Waals surface area contributed by atoms with Crippen molar-refractivity contribution in [2.45, 2.75) is 12.5 Å². The highest BCUT2D eigenvalue weighted by Crippen LogP contribution is 2.04. The van der Waals surface area contributed by atoms with Gasteiger partial charge < -0.3 is 4.74 Å². The molecule has 0 spiro atoms. The van der Waals surface area contributed by atoms with Crippen molar-refractivity contribution in [1.29, 1.82) is 0 Å². The minimum atomic E-state index is 0.231. The molecular formula is C4H11N3O. The molecule has 0 aliphatic carbocycles. The molecule has 0 saturated carbocycles. The minimum absolute atomic E-state index is 0.231. The Balaban J connectivity index is 2.24. The van der Waals surface area contributed by atoms with Gasteiger partial charge in [0.2, 0.25) is 0 Å². The molecule has 4 heteroatoms. The molecule has 0 radical (unpaired) electrons. The molecule has 8 heavy (non-hydrogen) atoms. The highest BCUT2D eigenvalue weighted by molar-refractivity contribution is 4.67. The van der Waals surface area contributed by atoms with Crippen LogP contribution in [0.25, 0.3) is 0 Å². The molecule has 4 nitrogen and oxygen atoms in total. The van der Waals surface area contributed by atoms with Gasteiger partial charge in [-0.05, 0) is 6.42 Å². The van der Waals surface area contributed by atoms with Crippen LogP contribution in [0.5, 0.6) is 0 Å². The fourth-order valence-corrected chi connectivity index (χ4v) is 0.757. The van der Waals surface area contributed by atoms with Crippen molar-refractivity contribution in [3.63, 3.8) is 0 Å². The zero-order valence-corrected chi connectivity index (χ0v) is 4.71. The van der Waals surface area contributed by atoms with Gasteiger partial charge in [0.15, 0.2) is 0 Å². The summed E-state index contributed by atoms with van der Waals surface area (Å²) in [6, 6.07) is 0.231. The van der Waals surface area contributed by atoms with E-state index in [1.54, 1.807) is 0 Å². The van der Waals surface area contributed by atoms with Crippen molar-refractivity contribution in [1.82, 2.24) is 5.12 Å². The number of hydrazine groups is 2. The molecular weight excluding hydrogens is 106 g/mol. The first-order chi connectivity index (χ1) is 3.80. The Hall–Kier alpha value is -0.160. The second-order valence-electron chi connectivity index (χ2n) is 1.96. The van der Waals surface area contributed by atoms with Gasteiger partial charge in [0.25, 0.3) is 0 Å². The molecule has 4 N–H and O–H groups in total. The predicted molar refractivity (Wildman–Crippen MR) is 29.4 cm³/mol. The Kier molecular flexibility index (Phi) is 1.80. The Morgan fingerprint density at radius 3 is 2.50 bits per heavy atom. The van der Waals surface area contributed by atoms with Gasteiger partial charge in [-0.2, -0.15) is 5.12 Å². The van der Waals surface area contributed by atoms with Crippen LogP contribution >= 0.6 is 0 Å². The van der Waals surface area contributed by atoms with Crippen molar-refractivity contribution >= 4 is 0 Å². The summed E-state index contributed by atoms with van der Waals surface area (Å²) in [4.78, 5) is 0. The predicted octanol–water partition coefficient (Wildman–Crippen LogP) is -1.18. The largest absolute Gasteiger partial charge is 0.380 e. The van der Waals surface area contributed by atoms with Gasteiger partial charge >= 0.3 is 0 Å². The number of rotatable bonds is 1. The van der Waals surface area contributed by atoms with Crippen LogP contribution < -0.4 is 11.7 Å². The van der Waals surface area contributed by atoms with Crippen molar-refractivity contribution in [2.24, 2.45) is 11.7 Å². The minimum Gasteiger partial charge on any atom is -0.380 e. The van der Waals surface area contributed by atoms with Crippen LogP contribution in [-0.4, -0.2) is 24.4 Å². The van der Waals surface area contributed by atoms with Crippen LogP contribution in [0.2, 0.25) is 0 Å². The van der Waals surface area contributed by atoms with Crippen LogP contribution in [0.3, 0.4) is 0 Å². The van der Waals surface area contributed by atoms with E-state index in [0.29, 0.717) is 6.61 Å². The van der Waals surface area contributed by atoms with Crippen LogP contribution in [-0.2, 0) is 4.74 Å². The van der Waals surface area contributed by atoms with Gasteiger partial charge in [-0.1, -0.05) is 0 Å². The van der Waals surface area contributed by atoms with E-state index in [4.69, 9.17) is 16.4 Å². The molecule has 1 aliphatic rings. The third-order valence-corrected chi connectivity index (χ3v) is 1.33. The second-order valence-corrected chi connectivity index (χ2v) is 1.96. The van der Waals surface area contributed by atoms with E-state index < -0.39 is 0 Å². The normalized spacial score (nSPS) is 29.6. The average molecular weight is 117 g/mol. The summed E-state index contributed by atoms with van der Waals surface area (Å²) in [6.07, 6.45) is 0.951. The molecule has 1 aliphatic heterocycles. The van der Waals surface area contributed by atoms with Crippen molar-refractivity contribution < 1.29 is 4.74 Å². The first-order valence-corrected chi connectivity index (χ1v) is 2.67. The van der Waals surface area contributed by atoms with E-state index in [9.17, 15) is 0 Å². The maximum Gasteiger partial charge on any atom is 0.0651 e. The maximum absolute atomic E-state index is 5.23. The first-order valence-electron chi connectivity index (χ1n) is 2.67. The molecule has 48 valence electrons. The lowest BCUT2D eigenvalue weighted by Crippen LogP contribution is -2.46. The average Bonchev–Trinajstić information content (AvgIpc) is 2.12. The topological polar surface area (TPSA) is 64.5 Å². The molecule has 1 saturated heterocycles. The quantitative estimate of drug-likeness (QED) is 0.335. The lowest BCUT2D eigenvalue weighted by atomic mass is 10.3. The summed E-state index contributed by atoms with van der Waals surface area (Å²) in [5, 5.41) is 1.22. The molecule has 1 rings (SSSR count). The van der Waals surface area contributed by atoms with E-state index >= 15 is 0 Å². The van der Waals surface area contributed by atoms with Gasteiger partial charge in [0, 0.05) is 6.61 Å². The first kappa shape index (κ1) is 5.97. The van der Waals surface area contributed by atoms with E-state index in [0.717, 1.165) is 13.0 Å². The lowest BCUT2D eigenvalue weighted by Gasteiger charge is -2.14. The van der Waals surface area contributed by atoms with Crippen molar-refractivity contribution in [2.75, 3.05) is 13.2 Å².